The molecule has 0 unspecified atom stereocenters. The third-order valence-corrected chi connectivity index (χ3v) is 4.60. The van der Waals surface area contributed by atoms with Crippen molar-refractivity contribution in [1.29, 1.82) is 0 Å². The number of methoxy groups -OCH3 is 1. The minimum absolute atomic E-state index is 0.521. The quantitative estimate of drug-likeness (QED) is 0.571. The highest BCUT2D eigenvalue weighted by Gasteiger charge is 2.13. The highest BCUT2D eigenvalue weighted by Crippen LogP contribution is 2.27. The van der Waals surface area contributed by atoms with Crippen LogP contribution in [0, 0.1) is 0 Å². The molecule has 2 nitrogen and oxygen atoms in total. The fraction of sp³-hybridized carbons (Fsp3) is 0.538. The predicted octanol–water partition coefficient (Wildman–Crippen LogP) is 4.20. The largest absolute Gasteiger partial charge is 0.496 e. The highest BCUT2D eigenvalue weighted by atomic mass is 35.5. The molecule has 0 aliphatic heterocycles. The van der Waals surface area contributed by atoms with Gasteiger partial charge in [0, 0.05) is 25.3 Å². The van der Waals surface area contributed by atoms with E-state index >= 15 is 0 Å². The molecule has 0 aromatic heterocycles. The summed E-state index contributed by atoms with van der Waals surface area (Å²) in [5.74, 6) is 0.797. The lowest BCUT2D eigenvalue weighted by atomic mass is 10.2. The van der Waals surface area contributed by atoms with Crippen molar-refractivity contribution in [2.24, 2.45) is 0 Å². The van der Waals surface area contributed by atoms with Crippen LogP contribution in [0.4, 0.5) is 0 Å². The maximum Gasteiger partial charge on any atom is 0.125 e. The molecule has 0 radical (unpaired) electrons. The molecule has 0 N–H and O–H groups in total. The summed E-state index contributed by atoms with van der Waals surface area (Å²) in [5, 5.41) is 0.706. The van der Waals surface area contributed by atoms with E-state index in [1.54, 1.807) is 7.11 Å². The first-order chi connectivity index (χ1) is 7.94. The minimum Gasteiger partial charge on any atom is -0.496 e. The van der Waals surface area contributed by atoms with Crippen molar-refractivity contribution in [3.05, 3.63) is 28.8 Å². The van der Waals surface area contributed by atoms with Crippen LogP contribution in [0.2, 0.25) is 30.7 Å². The van der Waals surface area contributed by atoms with Crippen LogP contribution in [-0.2, 0) is 11.3 Å². The molecule has 0 amide bonds. The zero-order chi connectivity index (χ0) is 12.9. The second kappa shape index (κ2) is 6.43. The van der Waals surface area contributed by atoms with Crippen LogP contribution in [0.1, 0.15) is 5.56 Å². The number of hydrogen-bond donors (Lipinski definition) is 0. The van der Waals surface area contributed by atoms with Crippen molar-refractivity contribution < 1.29 is 9.47 Å². The number of ether oxygens (including phenoxy) is 2. The Bertz CT molecular complexity index is 361. The maximum atomic E-state index is 6.13. The Morgan fingerprint density at radius 1 is 1.24 bits per heavy atom. The SMILES string of the molecule is COc1cccc(Cl)c1COCC[Si](C)(C)C. The Hall–Kier alpha value is -0.513. The average Bonchev–Trinajstić information content (AvgIpc) is 2.24. The van der Waals surface area contributed by atoms with E-state index in [-0.39, 0.29) is 0 Å². The van der Waals surface area contributed by atoms with Crippen molar-refractivity contribution in [2.75, 3.05) is 13.7 Å². The van der Waals surface area contributed by atoms with E-state index in [2.05, 4.69) is 19.6 Å². The van der Waals surface area contributed by atoms with Gasteiger partial charge in [-0.3, -0.25) is 0 Å². The van der Waals surface area contributed by atoms with E-state index < -0.39 is 8.07 Å². The van der Waals surface area contributed by atoms with Gasteiger partial charge in [0.25, 0.3) is 0 Å². The third-order valence-electron chi connectivity index (χ3n) is 2.54. The van der Waals surface area contributed by atoms with Crippen LogP contribution in [-0.4, -0.2) is 21.8 Å². The molecule has 17 heavy (non-hydrogen) atoms. The fourth-order valence-electron chi connectivity index (χ4n) is 1.42. The van der Waals surface area contributed by atoms with Gasteiger partial charge >= 0.3 is 0 Å². The normalized spacial score (nSPS) is 11.6. The number of halogens is 1. The topological polar surface area (TPSA) is 18.5 Å². The molecule has 0 aliphatic carbocycles. The van der Waals surface area contributed by atoms with E-state index in [0.717, 1.165) is 17.9 Å². The second-order valence-electron chi connectivity index (χ2n) is 5.28. The summed E-state index contributed by atoms with van der Waals surface area (Å²) in [7, 11) is 0.630. The lowest BCUT2D eigenvalue weighted by molar-refractivity contribution is 0.131. The van der Waals surface area contributed by atoms with Crippen LogP contribution in [0.5, 0.6) is 5.75 Å². The maximum absolute atomic E-state index is 6.13. The molecule has 1 aromatic carbocycles. The Kier molecular flexibility index (Phi) is 5.50. The lowest BCUT2D eigenvalue weighted by Gasteiger charge is -2.16. The Balaban J connectivity index is 2.52. The van der Waals surface area contributed by atoms with Crippen molar-refractivity contribution >= 4 is 19.7 Å². The molecular weight excluding hydrogens is 252 g/mol. The molecule has 1 rings (SSSR count). The first-order valence-electron chi connectivity index (χ1n) is 5.83. The van der Waals surface area contributed by atoms with E-state index in [9.17, 15) is 0 Å². The molecule has 96 valence electrons. The van der Waals surface area contributed by atoms with Crippen molar-refractivity contribution in [2.45, 2.75) is 32.3 Å². The lowest BCUT2D eigenvalue weighted by Crippen LogP contribution is -2.21. The number of hydrogen-bond acceptors (Lipinski definition) is 2. The van der Waals surface area contributed by atoms with Crippen LogP contribution < -0.4 is 4.74 Å². The minimum atomic E-state index is -1.02. The van der Waals surface area contributed by atoms with E-state index in [0.29, 0.717) is 11.6 Å². The Labute approximate surface area is 110 Å². The van der Waals surface area contributed by atoms with Gasteiger partial charge in [-0.15, -0.1) is 0 Å². The fourth-order valence-corrected chi connectivity index (χ4v) is 2.40. The smallest absolute Gasteiger partial charge is 0.125 e. The van der Waals surface area contributed by atoms with E-state index in [1.165, 1.54) is 6.04 Å². The van der Waals surface area contributed by atoms with Crippen molar-refractivity contribution in [3.8, 4) is 5.75 Å². The van der Waals surface area contributed by atoms with Gasteiger partial charge in [-0.2, -0.15) is 0 Å². The first-order valence-corrected chi connectivity index (χ1v) is 9.91. The zero-order valence-electron chi connectivity index (χ0n) is 11.0. The second-order valence-corrected chi connectivity index (χ2v) is 11.3. The van der Waals surface area contributed by atoms with E-state index in [4.69, 9.17) is 21.1 Å². The van der Waals surface area contributed by atoms with Gasteiger partial charge in [0.05, 0.1) is 13.7 Å². The zero-order valence-corrected chi connectivity index (χ0v) is 12.8. The first kappa shape index (κ1) is 14.5. The summed E-state index contributed by atoms with van der Waals surface area (Å²) < 4.78 is 11.0. The number of benzene rings is 1. The Morgan fingerprint density at radius 2 is 1.94 bits per heavy atom. The van der Waals surface area contributed by atoms with Gasteiger partial charge in [0.15, 0.2) is 0 Å². The molecule has 0 saturated heterocycles. The van der Waals surface area contributed by atoms with Gasteiger partial charge in [-0.05, 0) is 18.2 Å². The molecule has 0 saturated carbocycles. The molecule has 0 atom stereocenters. The predicted molar refractivity (Wildman–Crippen MR) is 75.8 cm³/mol. The monoisotopic (exact) mass is 272 g/mol. The van der Waals surface area contributed by atoms with Gasteiger partial charge in [0.2, 0.25) is 0 Å². The van der Waals surface area contributed by atoms with Gasteiger partial charge in [0.1, 0.15) is 5.75 Å². The average molecular weight is 273 g/mol. The molecule has 0 bridgehead atoms. The standard InChI is InChI=1S/C13H21ClO2Si/c1-15-13-7-5-6-12(14)11(13)10-16-8-9-17(2,3)4/h5-7H,8-10H2,1-4H3. The Morgan fingerprint density at radius 3 is 2.53 bits per heavy atom. The van der Waals surface area contributed by atoms with Crippen LogP contribution in [0.15, 0.2) is 18.2 Å². The highest BCUT2D eigenvalue weighted by molar-refractivity contribution is 6.76. The van der Waals surface area contributed by atoms with E-state index in [1.807, 2.05) is 18.2 Å². The summed E-state index contributed by atoms with van der Waals surface area (Å²) in [6, 6.07) is 6.82. The van der Waals surface area contributed by atoms with Gasteiger partial charge < -0.3 is 9.47 Å². The molecule has 4 heteroatoms. The molecule has 0 heterocycles. The molecule has 1 aromatic rings. The van der Waals surface area contributed by atoms with Crippen molar-refractivity contribution in [1.82, 2.24) is 0 Å². The van der Waals surface area contributed by atoms with Crippen LogP contribution >= 0.6 is 11.6 Å². The molecule has 0 spiro atoms. The molecular formula is C13H21ClO2Si. The van der Waals surface area contributed by atoms with Crippen LogP contribution in [0.25, 0.3) is 0 Å². The summed E-state index contributed by atoms with van der Waals surface area (Å²) in [5.41, 5.74) is 0.937. The van der Waals surface area contributed by atoms with Gasteiger partial charge in [-0.25, -0.2) is 0 Å². The molecule has 0 fully saturated rings. The van der Waals surface area contributed by atoms with Gasteiger partial charge in [-0.1, -0.05) is 37.3 Å². The summed E-state index contributed by atoms with van der Waals surface area (Å²) in [6.07, 6.45) is 0. The molecule has 0 aliphatic rings. The summed E-state index contributed by atoms with van der Waals surface area (Å²) in [4.78, 5) is 0. The van der Waals surface area contributed by atoms with Crippen molar-refractivity contribution in [3.63, 3.8) is 0 Å². The third kappa shape index (κ3) is 5.11. The summed E-state index contributed by atoms with van der Waals surface area (Å²) >= 11 is 6.13. The summed E-state index contributed by atoms with van der Waals surface area (Å²) in [6.45, 7) is 8.34. The number of rotatable bonds is 6. The van der Waals surface area contributed by atoms with Crippen LogP contribution in [0.3, 0.4) is 0 Å².